The van der Waals surface area contributed by atoms with E-state index in [0.29, 0.717) is 18.3 Å². The Morgan fingerprint density at radius 3 is 3.11 bits per heavy atom. The van der Waals surface area contributed by atoms with E-state index in [1.54, 1.807) is 13.0 Å². The van der Waals surface area contributed by atoms with E-state index >= 15 is 0 Å². The Kier molecular flexibility index (Phi) is 3.06. The SMILES string of the molecule is CC1Oc2ccc(N)cc2N(CC2CCCN2)C1=O. The largest absolute Gasteiger partial charge is 0.479 e. The number of nitrogen functional groups attached to an aromatic ring is 1. The average Bonchev–Trinajstić information content (AvgIpc) is 2.89. The number of rotatable bonds is 2. The van der Waals surface area contributed by atoms with Gasteiger partial charge in [-0.1, -0.05) is 0 Å². The molecule has 0 aliphatic carbocycles. The first-order valence-corrected chi connectivity index (χ1v) is 6.76. The zero-order chi connectivity index (χ0) is 13.4. The summed E-state index contributed by atoms with van der Waals surface area (Å²) >= 11 is 0. The van der Waals surface area contributed by atoms with Crippen LogP contribution in [0.15, 0.2) is 18.2 Å². The third kappa shape index (κ3) is 2.26. The van der Waals surface area contributed by atoms with Crippen molar-refractivity contribution in [3.05, 3.63) is 18.2 Å². The van der Waals surface area contributed by atoms with Gasteiger partial charge in [0.25, 0.3) is 5.91 Å². The molecule has 1 amide bonds. The van der Waals surface area contributed by atoms with Crippen LogP contribution in [0.25, 0.3) is 0 Å². The number of carbonyl (C=O) groups is 1. The summed E-state index contributed by atoms with van der Waals surface area (Å²) in [5, 5.41) is 3.42. The van der Waals surface area contributed by atoms with Crippen molar-refractivity contribution in [2.24, 2.45) is 0 Å². The molecule has 2 aliphatic heterocycles. The average molecular weight is 261 g/mol. The minimum absolute atomic E-state index is 0.00630. The Hall–Kier alpha value is -1.75. The lowest BCUT2D eigenvalue weighted by Gasteiger charge is -2.34. The van der Waals surface area contributed by atoms with Gasteiger partial charge in [0.1, 0.15) is 5.75 Å². The van der Waals surface area contributed by atoms with Crippen molar-refractivity contribution in [2.45, 2.75) is 31.9 Å². The summed E-state index contributed by atoms with van der Waals surface area (Å²) in [6.07, 6.45) is 1.84. The molecule has 1 aromatic rings. The highest BCUT2D eigenvalue weighted by Crippen LogP contribution is 2.35. The van der Waals surface area contributed by atoms with Crippen LogP contribution in [0.4, 0.5) is 11.4 Å². The van der Waals surface area contributed by atoms with Crippen molar-refractivity contribution in [3.8, 4) is 5.75 Å². The lowest BCUT2D eigenvalue weighted by atomic mass is 10.1. The maximum Gasteiger partial charge on any atom is 0.267 e. The minimum atomic E-state index is -0.433. The molecule has 2 unspecified atom stereocenters. The molecule has 1 fully saturated rings. The fourth-order valence-corrected chi connectivity index (χ4v) is 2.75. The molecule has 19 heavy (non-hydrogen) atoms. The molecule has 0 saturated carbocycles. The number of hydrogen-bond donors (Lipinski definition) is 2. The Morgan fingerprint density at radius 2 is 2.37 bits per heavy atom. The summed E-state index contributed by atoms with van der Waals surface area (Å²) in [4.78, 5) is 14.1. The Morgan fingerprint density at radius 1 is 1.53 bits per heavy atom. The lowest BCUT2D eigenvalue weighted by Crippen LogP contribution is -2.49. The molecule has 0 radical (unpaired) electrons. The second-order valence-electron chi connectivity index (χ2n) is 5.23. The summed E-state index contributed by atoms with van der Waals surface area (Å²) < 4.78 is 5.63. The van der Waals surface area contributed by atoms with Crippen LogP contribution in [0.3, 0.4) is 0 Å². The molecule has 2 heterocycles. The summed E-state index contributed by atoms with van der Waals surface area (Å²) in [7, 11) is 0. The fraction of sp³-hybridized carbons (Fsp3) is 0.500. The highest BCUT2D eigenvalue weighted by Gasteiger charge is 2.33. The minimum Gasteiger partial charge on any atom is -0.479 e. The van der Waals surface area contributed by atoms with Gasteiger partial charge < -0.3 is 20.7 Å². The van der Waals surface area contributed by atoms with E-state index in [2.05, 4.69) is 5.32 Å². The van der Waals surface area contributed by atoms with Gasteiger partial charge in [-0.05, 0) is 44.5 Å². The highest BCUT2D eigenvalue weighted by molar-refractivity contribution is 6.00. The molecule has 2 aliphatic rings. The van der Waals surface area contributed by atoms with Gasteiger partial charge in [-0.3, -0.25) is 4.79 Å². The molecular formula is C14H19N3O2. The normalized spacial score (nSPS) is 26.2. The monoisotopic (exact) mass is 261 g/mol. The van der Waals surface area contributed by atoms with Gasteiger partial charge >= 0.3 is 0 Å². The first-order chi connectivity index (χ1) is 9.15. The lowest BCUT2D eigenvalue weighted by molar-refractivity contribution is -0.125. The second kappa shape index (κ2) is 4.74. The standard InChI is InChI=1S/C14H19N3O2/c1-9-14(18)17(8-11-3-2-6-16-11)12-7-10(15)4-5-13(12)19-9/h4-5,7,9,11,16H,2-3,6,8,15H2,1H3. The molecule has 5 heteroatoms. The number of nitrogens with two attached hydrogens (primary N) is 1. The van der Waals surface area contributed by atoms with Crippen LogP contribution in [0, 0.1) is 0 Å². The van der Waals surface area contributed by atoms with E-state index in [1.165, 1.54) is 6.42 Å². The third-order valence-corrected chi connectivity index (χ3v) is 3.76. The number of benzene rings is 1. The molecule has 5 nitrogen and oxygen atoms in total. The van der Waals surface area contributed by atoms with Crippen LogP contribution in [0.5, 0.6) is 5.75 Å². The summed E-state index contributed by atoms with van der Waals surface area (Å²) in [5.74, 6) is 0.742. The molecule has 0 spiro atoms. The first kappa shape index (κ1) is 12.3. The van der Waals surface area contributed by atoms with E-state index in [0.717, 1.165) is 24.4 Å². The van der Waals surface area contributed by atoms with Crippen molar-refractivity contribution in [1.29, 1.82) is 0 Å². The van der Waals surface area contributed by atoms with Crippen LogP contribution in [0.2, 0.25) is 0 Å². The quantitative estimate of drug-likeness (QED) is 0.783. The fourth-order valence-electron chi connectivity index (χ4n) is 2.75. The molecular weight excluding hydrogens is 242 g/mol. The smallest absolute Gasteiger partial charge is 0.267 e. The van der Waals surface area contributed by atoms with E-state index in [4.69, 9.17) is 10.5 Å². The Bertz CT molecular complexity index is 497. The van der Waals surface area contributed by atoms with Crippen LogP contribution in [-0.2, 0) is 4.79 Å². The van der Waals surface area contributed by atoms with Crippen LogP contribution in [0.1, 0.15) is 19.8 Å². The summed E-state index contributed by atoms with van der Waals surface area (Å²) in [6, 6.07) is 5.81. The van der Waals surface area contributed by atoms with Crippen LogP contribution < -0.4 is 20.7 Å². The van der Waals surface area contributed by atoms with Crippen molar-refractivity contribution in [3.63, 3.8) is 0 Å². The number of anilines is 2. The predicted molar refractivity (Wildman–Crippen MR) is 74.3 cm³/mol. The van der Waals surface area contributed by atoms with Gasteiger partial charge in [0, 0.05) is 18.3 Å². The highest BCUT2D eigenvalue weighted by atomic mass is 16.5. The number of ether oxygens (including phenoxy) is 1. The van der Waals surface area contributed by atoms with E-state index in [9.17, 15) is 4.79 Å². The predicted octanol–water partition coefficient (Wildman–Crippen LogP) is 1.13. The molecule has 1 saturated heterocycles. The maximum absolute atomic E-state index is 12.3. The zero-order valence-corrected chi connectivity index (χ0v) is 11.1. The van der Waals surface area contributed by atoms with Crippen molar-refractivity contribution < 1.29 is 9.53 Å². The van der Waals surface area contributed by atoms with Crippen LogP contribution >= 0.6 is 0 Å². The van der Waals surface area contributed by atoms with Crippen molar-refractivity contribution in [2.75, 3.05) is 23.7 Å². The zero-order valence-electron chi connectivity index (χ0n) is 11.1. The molecule has 3 rings (SSSR count). The molecule has 1 aromatic carbocycles. The van der Waals surface area contributed by atoms with Gasteiger partial charge in [-0.25, -0.2) is 0 Å². The number of nitrogens with one attached hydrogen (secondary N) is 1. The Labute approximate surface area is 112 Å². The van der Waals surface area contributed by atoms with E-state index < -0.39 is 6.10 Å². The summed E-state index contributed by atoms with van der Waals surface area (Å²) in [6.45, 7) is 3.50. The van der Waals surface area contributed by atoms with Crippen molar-refractivity contribution >= 4 is 17.3 Å². The van der Waals surface area contributed by atoms with Gasteiger partial charge in [0.05, 0.1) is 5.69 Å². The number of amides is 1. The van der Waals surface area contributed by atoms with Crippen molar-refractivity contribution in [1.82, 2.24) is 5.32 Å². The van der Waals surface area contributed by atoms with Gasteiger partial charge in [-0.2, -0.15) is 0 Å². The molecule has 2 atom stereocenters. The number of hydrogen-bond acceptors (Lipinski definition) is 4. The topological polar surface area (TPSA) is 67.6 Å². The van der Waals surface area contributed by atoms with Gasteiger partial charge in [0.15, 0.2) is 6.10 Å². The second-order valence-corrected chi connectivity index (χ2v) is 5.23. The first-order valence-electron chi connectivity index (χ1n) is 6.76. The summed E-state index contributed by atoms with van der Waals surface area (Å²) in [5.41, 5.74) is 7.26. The van der Waals surface area contributed by atoms with Gasteiger partial charge in [-0.15, -0.1) is 0 Å². The molecule has 0 aromatic heterocycles. The van der Waals surface area contributed by atoms with Gasteiger partial charge in [0.2, 0.25) is 0 Å². The number of nitrogens with zero attached hydrogens (tertiary/aromatic N) is 1. The third-order valence-electron chi connectivity index (χ3n) is 3.76. The number of fused-ring (bicyclic) bond motifs is 1. The van der Waals surface area contributed by atoms with E-state index in [-0.39, 0.29) is 5.91 Å². The molecule has 0 bridgehead atoms. The Balaban J connectivity index is 1.92. The maximum atomic E-state index is 12.3. The number of carbonyl (C=O) groups excluding carboxylic acids is 1. The molecule has 3 N–H and O–H groups in total. The van der Waals surface area contributed by atoms with Crippen LogP contribution in [-0.4, -0.2) is 31.1 Å². The van der Waals surface area contributed by atoms with E-state index in [1.807, 2.05) is 17.0 Å². The molecule has 102 valence electrons.